The fourth-order valence-corrected chi connectivity index (χ4v) is 3.85. The summed E-state index contributed by atoms with van der Waals surface area (Å²) in [5.74, 6) is -1.08. The number of hydrogen-bond acceptors (Lipinski definition) is 12. The Kier molecular flexibility index (Phi) is 9.52. The largest absolute Gasteiger partial charge is 0.457 e. The van der Waals surface area contributed by atoms with Gasteiger partial charge in [0.15, 0.2) is 17.1 Å². The summed E-state index contributed by atoms with van der Waals surface area (Å²) < 4.78 is 10.6. The number of rotatable bonds is 9. The number of nitrogens with zero attached hydrogens (tertiary/aromatic N) is 2. The molecule has 3 atom stereocenters. The second kappa shape index (κ2) is 11.5. The van der Waals surface area contributed by atoms with Gasteiger partial charge in [-0.15, -0.1) is 0 Å². The van der Waals surface area contributed by atoms with Gasteiger partial charge < -0.3 is 30.5 Å². The Morgan fingerprint density at radius 2 is 1.78 bits per heavy atom. The summed E-state index contributed by atoms with van der Waals surface area (Å²) in [4.78, 5) is 46.4. The first kappa shape index (κ1) is 30.7. The number of carbonyl (C=O) groups excluding carboxylic acids is 3. The van der Waals surface area contributed by atoms with Crippen molar-refractivity contribution in [2.24, 2.45) is 10.9 Å². The number of esters is 1. The highest BCUT2D eigenvalue weighted by Crippen LogP contribution is 2.30. The Labute approximate surface area is 224 Å². The molecule has 1 fully saturated rings. The number of carbonyl (C=O) groups is 3. The Morgan fingerprint density at radius 1 is 1.19 bits per heavy atom. The molecule has 0 bridgehead atoms. The molecule has 0 aliphatic carbocycles. The van der Waals surface area contributed by atoms with E-state index in [0.29, 0.717) is 0 Å². The van der Waals surface area contributed by atoms with Crippen molar-refractivity contribution < 1.29 is 33.8 Å². The van der Waals surface area contributed by atoms with E-state index >= 15 is 0 Å². The van der Waals surface area contributed by atoms with E-state index in [0.717, 1.165) is 11.3 Å². The highest BCUT2D eigenvalue weighted by Gasteiger charge is 2.41. The number of aromatic nitrogens is 1. The van der Waals surface area contributed by atoms with Gasteiger partial charge in [-0.3, -0.25) is 15.4 Å². The zero-order chi connectivity index (χ0) is 28.3. The lowest BCUT2D eigenvalue weighted by atomic mass is 9.98. The standard InChI is InChI=1S/C22H35ClN6O7S/c1-20(2,3)34-17(32)22(7,8)36-29-13(16(31)26-11-10(9-24)25-15(11)30)12-14(23)37-18(27-12)28-19(33)35-21(4,5)6/h10-11,16,26,31H,9,24H2,1-8H3,(H,25,30)(H,27,28,33)/b29-13-/t10-,11?,16?/m0/s1. The molecule has 2 unspecified atom stereocenters. The van der Waals surface area contributed by atoms with Gasteiger partial charge in [-0.25, -0.2) is 14.6 Å². The van der Waals surface area contributed by atoms with Crippen LogP contribution < -0.4 is 21.7 Å². The van der Waals surface area contributed by atoms with Crippen LogP contribution in [0.1, 0.15) is 61.1 Å². The van der Waals surface area contributed by atoms with Crippen molar-refractivity contribution in [1.29, 1.82) is 0 Å². The molecule has 2 amide bonds. The molecule has 15 heteroatoms. The lowest BCUT2D eigenvalue weighted by molar-refractivity contribution is -0.179. The summed E-state index contributed by atoms with van der Waals surface area (Å²) >= 11 is 7.25. The topological polar surface area (TPSA) is 186 Å². The molecule has 2 rings (SSSR count). The number of aliphatic hydroxyl groups is 1. The number of thiazole rings is 1. The molecule has 0 spiro atoms. The molecule has 1 aliphatic rings. The molecule has 1 aromatic heterocycles. The maximum Gasteiger partial charge on any atom is 0.413 e. The molecule has 0 saturated carbocycles. The van der Waals surface area contributed by atoms with E-state index in [1.165, 1.54) is 13.8 Å². The average Bonchev–Trinajstić information content (AvgIpc) is 3.06. The minimum atomic E-state index is -1.62. The van der Waals surface area contributed by atoms with Gasteiger partial charge in [-0.2, -0.15) is 0 Å². The summed E-state index contributed by atoms with van der Waals surface area (Å²) in [6, 6.07) is -1.24. The summed E-state index contributed by atoms with van der Waals surface area (Å²) in [5, 5.41) is 22.8. The van der Waals surface area contributed by atoms with Crippen molar-refractivity contribution in [2.45, 2.75) is 90.5 Å². The molecule has 0 aromatic carbocycles. The Morgan fingerprint density at radius 3 is 2.30 bits per heavy atom. The summed E-state index contributed by atoms with van der Waals surface area (Å²) in [6.07, 6.45) is -2.38. The molecule has 0 radical (unpaired) electrons. The maximum absolute atomic E-state index is 12.6. The Hall–Kier alpha value is -2.52. The van der Waals surface area contributed by atoms with Crippen LogP contribution in [0.15, 0.2) is 5.16 Å². The lowest BCUT2D eigenvalue weighted by Crippen LogP contribution is -2.72. The number of halogens is 1. The summed E-state index contributed by atoms with van der Waals surface area (Å²) in [6.45, 7) is 13.2. The monoisotopic (exact) mass is 562 g/mol. The third-order valence-electron chi connectivity index (χ3n) is 4.56. The van der Waals surface area contributed by atoms with Crippen molar-refractivity contribution in [2.75, 3.05) is 11.9 Å². The molecular formula is C22H35ClN6O7S. The first-order valence-electron chi connectivity index (χ1n) is 11.4. The minimum absolute atomic E-state index is 0.0396. The number of ether oxygens (including phenoxy) is 2. The van der Waals surface area contributed by atoms with Gasteiger partial charge in [-0.05, 0) is 55.4 Å². The van der Waals surface area contributed by atoms with E-state index < -0.39 is 47.2 Å². The number of aliphatic hydroxyl groups excluding tert-OH is 1. The molecule has 208 valence electrons. The van der Waals surface area contributed by atoms with Gasteiger partial charge >= 0.3 is 12.1 Å². The molecule has 2 heterocycles. The first-order valence-corrected chi connectivity index (χ1v) is 12.6. The number of anilines is 1. The second-order valence-electron chi connectivity index (χ2n) is 10.7. The van der Waals surface area contributed by atoms with Crippen LogP contribution in [0.5, 0.6) is 0 Å². The first-order chi connectivity index (χ1) is 16.8. The van der Waals surface area contributed by atoms with E-state index in [9.17, 15) is 19.5 Å². The number of nitrogens with two attached hydrogens (primary N) is 1. The second-order valence-corrected chi connectivity index (χ2v) is 12.3. The smallest absolute Gasteiger partial charge is 0.413 e. The average molecular weight is 563 g/mol. The number of β-lactam (4-membered cyclic amide) rings is 1. The van der Waals surface area contributed by atoms with E-state index in [1.54, 1.807) is 41.5 Å². The van der Waals surface area contributed by atoms with E-state index in [4.69, 9.17) is 31.6 Å². The van der Waals surface area contributed by atoms with Crippen LogP contribution in [-0.4, -0.2) is 75.4 Å². The van der Waals surface area contributed by atoms with Gasteiger partial charge in [0, 0.05) is 6.54 Å². The number of hydrogen-bond donors (Lipinski definition) is 5. The van der Waals surface area contributed by atoms with Crippen LogP contribution in [-0.2, 0) is 23.9 Å². The highest BCUT2D eigenvalue weighted by molar-refractivity contribution is 7.20. The van der Waals surface area contributed by atoms with Gasteiger partial charge in [0.05, 0.1) is 6.04 Å². The van der Waals surface area contributed by atoms with Crippen LogP contribution in [0.25, 0.3) is 0 Å². The minimum Gasteiger partial charge on any atom is -0.457 e. The number of amides is 2. The van der Waals surface area contributed by atoms with Crippen LogP contribution in [0, 0.1) is 0 Å². The summed E-state index contributed by atoms with van der Waals surface area (Å²) in [7, 11) is 0. The number of oxime groups is 1. The quantitative estimate of drug-likeness (QED) is 0.0974. The van der Waals surface area contributed by atoms with Crippen molar-refractivity contribution >= 4 is 51.8 Å². The van der Waals surface area contributed by atoms with Crippen molar-refractivity contribution in [3.8, 4) is 0 Å². The van der Waals surface area contributed by atoms with E-state index in [-0.39, 0.29) is 33.3 Å². The van der Waals surface area contributed by atoms with Crippen molar-refractivity contribution in [3.63, 3.8) is 0 Å². The van der Waals surface area contributed by atoms with Crippen LogP contribution in [0.3, 0.4) is 0 Å². The third-order valence-corrected chi connectivity index (χ3v) is 5.73. The molecule has 13 nitrogen and oxygen atoms in total. The van der Waals surface area contributed by atoms with E-state index in [2.05, 4.69) is 26.1 Å². The molecule has 37 heavy (non-hydrogen) atoms. The number of nitrogens with one attached hydrogen (secondary N) is 3. The predicted octanol–water partition coefficient (Wildman–Crippen LogP) is 1.72. The molecule has 6 N–H and O–H groups in total. The van der Waals surface area contributed by atoms with Crippen molar-refractivity contribution in [1.82, 2.24) is 15.6 Å². The van der Waals surface area contributed by atoms with Gasteiger partial charge in [-0.1, -0.05) is 28.1 Å². The zero-order valence-electron chi connectivity index (χ0n) is 22.1. The molecule has 1 aromatic rings. The predicted molar refractivity (Wildman–Crippen MR) is 138 cm³/mol. The van der Waals surface area contributed by atoms with Crippen molar-refractivity contribution in [3.05, 3.63) is 10.0 Å². The molecular weight excluding hydrogens is 528 g/mol. The maximum atomic E-state index is 12.6. The zero-order valence-corrected chi connectivity index (χ0v) is 23.7. The molecule has 1 aliphatic heterocycles. The fraction of sp³-hybridized carbons (Fsp3) is 0.682. The third kappa shape index (κ3) is 8.78. The van der Waals surface area contributed by atoms with Crippen LogP contribution in [0.2, 0.25) is 4.34 Å². The van der Waals surface area contributed by atoms with Crippen LogP contribution >= 0.6 is 22.9 Å². The fourth-order valence-electron chi connectivity index (χ4n) is 2.81. The lowest BCUT2D eigenvalue weighted by Gasteiger charge is -2.37. The molecule has 1 saturated heterocycles. The van der Waals surface area contributed by atoms with E-state index in [1.807, 2.05) is 0 Å². The van der Waals surface area contributed by atoms with Gasteiger partial charge in [0.25, 0.3) is 0 Å². The van der Waals surface area contributed by atoms with Gasteiger partial charge in [0.2, 0.25) is 11.5 Å². The Balaban J connectivity index is 2.36. The van der Waals surface area contributed by atoms with Crippen LogP contribution in [0.4, 0.5) is 9.93 Å². The SMILES string of the molecule is CC(C)(C)OC(=O)Nc1nc(/C(=N/OC(C)(C)C(=O)OC(C)(C)C)C(O)NC2C(=O)N[C@H]2CN)c(Cl)s1. The summed E-state index contributed by atoms with van der Waals surface area (Å²) in [5.41, 5.74) is 2.25. The Bertz CT molecular complexity index is 1050. The highest BCUT2D eigenvalue weighted by atomic mass is 35.5. The normalized spacial score (nSPS) is 19.4. The van der Waals surface area contributed by atoms with Gasteiger partial charge in [0.1, 0.15) is 27.3 Å².